The van der Waals surface area contributed by atoms with E-state index in [9.17, 15) is 25.0 Å². The Kier molecular flexibility index (Phi) is 10.9. The molecule has 2 aromatic rings. The molecule has 1 aliphatic carbocycles. The molecule has 1 fully saturated rings. The molecule has 2 aromatic carbocycles. The average molecular weight is 513 g/mol. The molecule has 0 aromatic heterocycles. The summed E-state index contributed by atoms with van der Waals surface area (Å²) in [5, 5.41) is 21.9. The summed E-state index contributed by atoms with van der Waals surface area (Å²) < 4.78 is 11.0. The fourth-order valence-electron chi connectivity index (χ4n) is 4.95. The summed E-state index contributed by atoms with van der Waals surface area (Å²) >= 11 is 0. The molecule has 0 bridgehead atoms. The lowest BCUT2D eigenvalue weighted by atomic mass is 9.77. The van der Waals surface area contributed by atoms with E-state index in [1.54, 1.807) is 0 Å². The van der Waals surface area contributed by atoms with Gasteiger partial charge < -0.3 is 9.47 Å². The number of ether oxygens (including phenoxy) is 2. The van der Waals surface area contributed by atoms with Crippen LogP contribution in [-0.4, -0.2) is 29.0 Å². The van der Waals surface area contributed by atoms with Gasteiger partial charge in [-0.05, 0) is 80.9 Å². The molecular weight excluding hydrogens is 476 g/mol. The van der Waals surface area contributed by atoms with E-state index in [1.807, 2.05) is 0 Å². The van der Waals surface area contributed by atoms with Crippen LogP contribution < -0.4 is 4.74 Å². The van der Waals surface area contributed by atoms with Crippen molar-refractivity contribution in [3.63, 3.8) is 0 Å². The number of nitro groups is 2. The standard InChI is InChI=1S/C28H36N2O7/c1-2-7-21-8-10-22(11-9-21)23-12-14-27(15-13-23)36-16-5-3-4-6-17-37-28(31)24-18-25(29(32)33)20-26(19-24)30(34)35/h12-15,18-22H,2-11,16-17H2,1H3. The Morgan fingerprint density at radius 2 is 1.46 bits per heavy atom. The third-order valence-corrected chi connectivity index (χ3v) is 7.00. The Morgan fingerprint density at radius 3 is 2.03 bits per heavy atom. The second-order valence-electron chi connectivity index (χ2n) is 9.73. The van der Waals surface area contributed by atoms with Crippen molar-refractivity contribution >= 4 is 17.3 Å². The second kappa shape index (κ2) is 14.3. The van der Waals surface area contributed by atoms with Gasteiger partial charge in [0.1, 0.15) is 5.75 Å². The molecule has 9 heteroatoms. The fourth-order valence-corrected chi connectivity index (χ4v) is 4.95. The minimum absolute atomic E-state index is 0.137. The molecule has 37 heavy (non-hydrogen) atoms. The Balaban J connectivity index is 1.29. The summed E-state index contributed by atoms with van der Waals surface area (Å²) in [5.41, 5.74) is 0.164. The van der Waals surface area contributed by atoms with Gasteiger partial charge in [0.05, 0.1) is 34.7 Å². The van der Waals surface area contributed by atoms with Crippen LogP contribution in [0.15, 0.2) is 42.5 Å². The molecule has 0 radical (unpaired) electrons. The highest BCUT2D eigenvalue weighted by atomic mass is 16.6. The number of esters is 1. The van der Waals surface area contributed by atoms with E-state index in [1.165, 1.54) is 44.1 Å². The molecule has 0 unspecified atom stereocenters. The van der Waals surface area contributed by atoms with Crippen molar-refractivity contribution in [2.45, 2.75) is 77.0 Å². The van der Waals surface area contributed by atoms with Crippen LogP contribution in [0.4, 0.5) is 11.4 Å². The number of hydrogen-bond acceptors (Lipinski definition) is 7. The maximum absolute atomic E-state index is 12.2. The molecule has 0 heterocycles. The largest absolute Gasteiger partial charge is 0.494 e. The van der Waals surface area contributed by atoms with Crippen molar-refractivity contribution in [1.29, 1.82) is 0 Å². The predicted molar refractivity (Wildman–Crippen MR) is 140 cm³/mol. The van der Waals surface area contributed by atoms with E-state index in [4.69, 9.17) is 9.47 Å². The van der Waals surface area contributed by atoms with Gasteiger partial charge in [-0.3, -0.25) is 20.2 Å². The minimum Gasteiger partial charge on any atom is -0.494 e. The molecule has 9 nitrogen and oxygen atoms in total. The van der Waals surface area contributed by atoms with E-state index < -0.39 is 27.2 Å². The summed E-state index contributed by atoms with van der Waals surface area (Å²) in [7, 11) is 0. The first-order valence-electron chi connectivity index (χ1n) is 13.2. The minimum atomic E-state index is -0.812. The lowest BCUT2D eigenvalue weighted by Crippen LogP contribution is -2.13. The number of hydrogen-bond donors (Lipinski definition) is 0. The van der Waals surface area contributed by atoms with Gasteiger partial charge >= 0.3 is 5.97 Å². The molecule has 0 aliphatic heterocycles. The van der Waals surface area contributed by atoms with Crippen molar-refractivity contribution in [3.05, 3.63) is 73.8 Å². The zero-order valence-electron chi connectivity index (χ0n) is 21.4. The Hall–Kier alpha value is -3.49. The molecule has 0 N–H and O–H groups in total. The van der Waals surface area contributed by atoms with Gasteiger partial charge in [0, 0.05) is 12.1 Å². The number of nitrogens with zero attached hydrogens (tertiary/aromatic N) is 2. The van der Waals surface area contributed by atoms with Crippen LogP contribution in [-0.2, 0) is 4.74 Å². The molecule has 0 amide bonds. The zero-order chi connectivity index (χ0) is 26.6. The topological polar surface area (TPSA) is 122 Å². The molecule has 200 valence electrons. The summed E-state index contributed by atoms with van der Waals surface area (Å²) in [6, 6.07) is 11.3. The number of carbonyl (C=O) groups is 1. The molecule has 1 saturated carbocycles. The van der Waals surface area contributed by atoms with Crippen LogP contribution in [0, 0.1) is 26.1 Å². The highest BCUT2D eigenvalue weighted by molar-refractivity contribution is 5.91. The van der Waals surface area contributed by atoms with E-state index in [2.05, 4.69) is 31.2 Å². The average Bonchev–Trinajstić information content (AvgIpc) is 2.90. The summed E-state index contributed by atoms with van der Waals surface area (Å²) in [5.74, 6) is 1.65. The van der Waals surface area contributed by atoms with E-state index in [0.717, 1.165) is 49.1 Å². The van der Waals surface area contributed by atoms with Crippen LogP contribution in [0.25, 0.3) is 0 Å². The van der Waals surface area contributed by atoms with E-state index in [0.29, 0.717) is 18.9 Å². The lowest BCUT2D eigenvalue weighted by molar-refractivity contribution is -0.394. The van der Waals surface area contributed by atoms with Gasteiger partial charge in [-0.2, -0.15) is 0 Å². The number of nitro benzene ring substituents is 2. The molecule has 0 saturated heterocycles. The van der Waals surface area contributed by atoms with Gasteiger partial charge in [0.15, 0.2) is 0 Å². The third kappa shape index (κ3) is 8.84. The Bertz CT molecular complexity index is 1010. The molecule has 3 rings (SSSR count). The van der Waals surface area contributed by atoms with Crippen LogP contribution in [0.2, 0.25) is 0 Å². The Morgan fingerprint density at radius 1 is 0.865 bits per heavy atom. The number of carbonyl (C=O) groups excluding carboxylic acids is 1. The zero-order valence-corrected chi connectivity index (χ0v) is 21.4. The van der Waals surface area contributed by atoms with Gasteiger partial charge in [0.25, 0.3) is 11.4 Å². The highest BCUT2D eigenvalue weighted by Gasteiger charge is 2.22. The first-order valence-corrected chi connectivity index (χ1v) is 13.2. The number of unbranched alkanes of at least 4 members (excludes halogenated alkanes) is 3. The number of rotatable bonds is 14. The predicted octanol–water partition coefficient (Wildman–Crippen LogP) is 7.37. The van der Waals surface area contributed by atoms with Gasteiger partial charge in [0.2, 0.25) is 0 Å². The smallest absolute Gasteiger partial charge is 0.338 e. The Labute approximate surface area is 217 Å². The number of non-ortho nitro benzene ring substituents is 2. The molecular formula is C28H36N2O7. The first-order chi connectivity index (χ1) is 17.9. The van der Waals surface area contributed by atoms with E-state index in [-0.39, 0.29) is 12.2 Å². The van der Waals surface area contributed by atoms with Crippen molar-refractivity contribution in [2.24, 2.45) is 5.92 Å². The maximum Gasteiger partial charge on any atom is 0.338 e. The van der Waals surface area contributed by atoms with Crippen LogP contribution >= 0.6 is 0 Å². The maximum atomic E-state index is 12.2. The molecule has 0 spiro atoms. The molecule has 0 atom stereocenters. The fraction of sp³-hybridized carbons (Fsp3) is 0.536. The normalized spacial score (nSPS) is 17.2. The molecule has 1 aliphatic rings. The van der Waals surface area contributed by atoms with Gasteiger partial charge in [-0.1, -0.05) is 31.9 Å². The van der Waals surface area contributed by atoms with Crippen molar-refractivity contribution in [1.82, 2.24) is 0 Å². The van der Waals surface area contributed by atoms with Gasteiger partial charge in [-0.15, -0.1) is 0 Å². The van der Waals surface area contributed by atoms with Crippen LogP contribution in [0.5, 0.6) is 5.75 Å². The number of benzene rings is 2. The van der Waals surface area contributed by atoms with Crippen LogP contribution in [0.3, 0.4) is 0 Å². The summed E-state index contributed by atoms with van der Waals surface area (Å²) in [6.45, 7) is 3.02. The first kappa shape index (κ1) is 28.1. The van der Waals surface area contributed by atoms with E-state index >= 15 is 0 Å². The monoisotopic (exact) mass is 512 g/mol. The van der Waals surface area contributed by atoms with Crippen molar-refractivity contribution < 1.29 is 24.1 Å². The lowest BCUT2D eigenvalue weighted by Gasteiger charge is -2.28. The quantitative estimate of drug-likeness (QED) is 0.112. The summed E-state index contributed by atoms with van der Waals surface area (Å²) in [4.78, 5) is 32.5. The SMILES string of the molecule is CCCC1CCC(c2ccc(OCCCCCCOC(=O)c3cc([N+](=O)[O-])cc([N+](=O)[O-])c3)cc2)CC1. The highest BCUT2D eigenvalue weighted by Crippen LogP contribution is 2.37. The van der Waals surface area contributed by atoms with Gasteiger partial charge in [-0.25, -0.2) is 4.79 Å². The third-order valence-electron chi connectivity index (χ3n) is 7.00. The van der Waals surface area contributed by atoms with Crippen molar-refractivity contribution in [3.8, 4) is 5.75 Å². The second-order valence-corrected chi connectivity index (χ2v) is 9.73. The summed E-state index contributed by atoms with van der Waals surface area (Å²) in [6.07, 6.45) is 11.1. The van der Waals surface area contributed by atoms with Crippen molar-refractivity contribution in [2.75, 3.05) is 13.2 Å². The van der Waals surface area contributed by atoms with Crippen LogP contribution in [0.1, 0.15) is 93.0 Å².